The predicted molar refractivity (Wildman–Crippen MR) is 109 cm³/mol. The van der Waals surface area contributed by atoms with Gasteiger partial charge in [-0.05, 0) is 50.4 Å². The predicted octanol–water partition coefficient (Wildman–Crippen LogP) is 5.10. The summed E-state index contributed by atoms with van der Waals surface area (Å²) in [7, 11) is -1.76. The van der Waals surface area contributed by atoms with E-state index in [1.807, 2.05) is 33.8 Å². The molecule has 1 N–H and O–H groups in total. The minimum absolute atomic E-state index is 0.0456. The Kier molecular flexibility index (Phi) is 10.6. The molecule has 0 bridgehead atoms. The Labute approximate surface area is 156 Å². The van der Waals surface area contributed by atoms with E-state index >= 15 is 0 Å². The second-order valence-electron chi connectivity index (χ2n) is 7.55. The number of carbonyl (C=O) groups is 1. The van der Waals surface area contributed by atoms with E-state index < -0.39 is 20.0 Å². The molecule has 0 heterocycles. The summed E-state index contributed by atoms with van der Waals surface area (Å²) in [5, 5.41) is 10.2. The lowest BCUT2D eigenvalue weighted by Crippen LogP contribution is -2.45. The minimum atomic E-state index is -1.76. The third-order valence-electron chi connectivity index (χ3n) is 5.33. The van der Waals surface area contributed by atoms with Gasteiger partial charge in [-0.1, -0.05) is 46.6 Å². The van der Waals surface area contributed by atoms with Crippen LogP contribution in [0, 0.1) is 18.3 Å². The highest BCUT2D eigenvalue weighted by Gasteiger charge is 2.36. The maximum atomic E-state index is 11.8. The summed E-state index contributed by atoms with van der Waals surface area (Å²) in [5.74, 6) is 2.89. The van der Waals surface area contributed by atoms with Crippen molar-refractivity contribution in [1.82, 2.24) is 0 Å². The van der Waals surface area contributed by atoms with Crippen LogP contribution in [0.1, 0.15) is 67.7 Å². The first-order chi connectivity index (χ1) is 11.6. The van der Waals surface area contributed by atoms with Crippen LogP contribution in [0.4, 0.5) is 0 Å². The molecule has 0 amide bonds. The van der Waals surface area contributed by atoms with Gasteiger partial charge in [-0.15, -0.1) is 6.42 Å². The Morgan fingerprint density at radius 1 is 1.28 bits per heavy atom. The molecule has 0 saturated heterocycles. The lowest BCUT2D eigenvalue weighted by atomic mass is 9.96. The molecular formula is C21H38O3Si. The summed E-state index contributed by atoms with van der Waals surface area (Å²) in [6.45, 7) is 14.2. The molecule has 1 unspecified atom stereocenters. The van der Waals surface area contributed by atoms with Gasteiger partial charge in [-0.2, -0.15) is 0 Å². The number of carbonyl (C=O) groups excluding carboxylic acids is 1. The van der Waals surface area contributed by atoms with E-state index in [1.54, 1.807) is 0 Å². The van der Waals surface area contributed by atoms with Gasteiger partial charge in [-0.3, -0.25) is 4.79 Å². The second kappa shape index (κ2) is 11.0. The van der Waals surface area contributed by atoms with E-state index in [4.69, 9.17) is 10.8 Å². The molecular weight excluding hydrogens is 328 g/mol. The lowest BCUT2D eigenvalue weighted by molar-refractivity contribution is -0.123. The van der Waals surface area contributed by atoms with Crippen molar-refractivity contribution in [1.29, 1.82) is 0 Å². The van der Waals surface area contributed by atoms with Crippen molar-refractivity contribution in [2.75, 3.05) is 0 Å². The van der Waals surface area contributed by atoms with Crippen LogP contribution in [0.3, 0.4) is 0 Å². The summed E-state index contributed by atoms with van der Waals surface area (Å²) in [6, 6.07) is 3.21. The van der Waals surface area contributed by atoms with E-state index in [9.17, 15) is 9.90 Å². The van der Waals surface area contributed by atoms with Crippen molar-refractivity contribution in [3.05, 3.63) is 11.6 Å². The molecule has 3 nitrogen and oxygen atoms in total. The zero-order valence-electron chi connectivity index (χ0n) is 17.3. The minimum Gasteiger partial charge on any atom is -0.401 e. The van der Waals surface area contributed by atoms with Crippen LogP contribution in [0.25, 0.3) is 0 Å². The first kappa shape index (κ1) is 24.1. The monoisotopic (exact) mass is 366 g/mol. The van der Waals surface area contributed by atoms with Gasteiger partial charge in [0.1, 0.15) is 11.4 Å². The molecule has 0 aliphatic carbocycles. The molecule has 0 aromatic heterocycles. The molecule has 0 rings (SSSR count). The molecule has 0 aliphatic rings. The third-order valence-corrected chi connectivity index (χ3v) is 10.1. The Hall–Kier alpha value is -0.893. The SMILES string of the molecule is C#C[C@](C)(CC/C=C(\C)C(O)CC(=O)C(C)C)O[Si](CC)(CC)CC. The Bertz CT molecular complexity index is 478. The van der Waals surface area contributed by atoms with Gasteiger partial charge in [0, 0.05) is 12.3 Å². The van der Waals surface area contributed by atoms with Crippen LogP contribution in [-0.2, 0) is 9.22 Å². The molecule has 0 aliphatic heterocycles. The van der Waals surface area contributed by atoms with E-state index in [0.29, 0.717) is 0 Å². The average Bonchev–Trinajstić information content (AvgIpc) is 2.59. The number of hydrogen-bond donors (Lipinski definition) is 1. The van der Waals surface area contributed by atoms with Crippen molar-refractivity contribution < 1.29 is 14.3 Å². The molecule has 144 valence electrons. The summed E-state index contributed by atoms with van der Waals surface area (Å²) in [4.78, 5) is 11.8. The molecule has 0 fully saturated rings. The first-order valence-corrected chi connectivity index (χ1v) is 12.2. The van der Waals surface area contributed by atoms with Gasteiger partial charge in [0.2, 0.25) is 0 Å². The quantitative estimate of drug-likeness (QED) is 0.297. The standard InChI is InChI=1S/C21H38O3Si/c1-9-21(8,24-25(10-2,11-3)12-4)15-13-14-18(7)20(23)16-19(22)17(5)6/h1,14,17,20,23H,10-13,15-16H2,2-8H3/b18-14+/t20?,21-/m1/s1. The number of terminal acetylenes is 1. The molecule has 0 radical (unpaired) electrons. The first-order valence-electron chi connectivity index (χ1n) is 9.64. The van der Waals surface area contributed by atoms with Crippen LogP contribution in [-0.4, -0.2) is 30.9 Å². The van der Waals surface area contributed by atoms with Crippen molar-refractivity contribution in [2.45, 2.75) is 97.6 Å². The van der Waals surface area contributed by atoms with E-state index in [0.717, 1.165) is 36.5 Å². The highest BCUT2D eigenvalue weighted by Crippen LogP contribution is 2.30. The van der Waals surface area contributed by atoms with Crippen molar-refractivity contribution in [3.63, 3.8) is 0 Å². The molecule has 0 aromatic rings. The smallest absolute Gasteiger partial charge is 0.194 e. The van der Waals surface area contributed by atoms with E-state index in [2.05, 4.69) is 26.7 Å². The lowest BCUT2D eigenvalue weighted by Gasteiger charge is -2.37. The van der Waals surface area contributed by atoms with Crippen LogP contribution in [0.5, 0.6) is 0 Å². The normalized spacial score (nSPS) is 16.4. The van der Waals surface area contributed by atoms with Gasteiger partial charge >= 0.3 is 0 Å². The zero-order chi connectivity index (χ0) is 19.7. The van der Waals surface area contributed by atoms with Gasteiger partial charge in [0.15, 0.2) is 8.32 Å². The number of ketones is 1. The van der Waals surface area contributed by atoms with Crippen LogP contribution in [0.2, 0.25) is 18.1 Å². The fourth-order valence-electron chi connectivity index (χ4n) is 2.90. The van der Waals surface area contributed by atoms with Crippen molar-refractivity contribution >= 4 is 14.1 Å². The van der Waals surface area contributed by atoms with Crippen LogP contribution < -0.4 is 0 Å². The average molecular weight is 367 g/mol. The van der Waals surface area contributed by atoms with Crippen molar-refractivity contribution in [2.24, 2.45) is 5.92 Å². The molecule has 0 spiro atoms. The summed E-state index contributed by atoms with van der Waals surface area (Å²) in [6.07, 6.45) is 8.71. The fraction of sp³-hybridized carbons (Fsp3) is 0.762. The largest absolute Gasteiger partial charge is 0.401 e. The topological polar surface area (TPSA) is 46.5 Å². The molecule has 25 heavy (non-hydrogen) atoms. The van der Waals surface area contributed by atoms with Crippen molar-refractivity contribution in [3.8, 4) is 12.3 Å². The number of hydrogen-bond acceptors (Lipinski definition) is 3. The number of aliphatic hydroxyl groups excluding tert-OH is 1. The highest BCUT2D eigenvalue weighted by molar-refractivity contribution is 6.73. The maximum absolute atomic E-state index is 11.8. The molecule has 0 aromatic carbocycles. The van der Waals surface area contributed by atoms with Crippen LogP contribution in [0.15, 0.2) is 11.6 Å². The summed E-state index contributed by atoms with van der Waals surface area (Å²) < 4.78 is 6.52. The van der Waals surface area contributed by atoms with Crippen LogP contribution >= 0.6 is 0 Å². The molecule has 0 saturated carbocycles. The Morgan fingerprint density at radius 2 is 1.80 bits per heavy atom. The van der Waals surface area contributed by atoms with Gasteiger partial charge < -0.3 is 9.53 Å². The Morgan fingerprint density at radius 3 is 2.20 bits per heavy atom. The highest BCUT2D eigenvalue weighted by atomic mass is 28.4. The zero-order valence-corrected chi connectivity index (χ0v) is 18.3. The number of rotatable bonds is 12. The van der Waals surface area contributed by atoms with E-state index in [-0.39, 0.29) is 18.1 Å². The fourth-order valence-corrected chi connectivity index (χ4v) is 5.95. The molecule has 2 atom stereocenters. The number of aliphatic hydroxyl groups is 1. The number of allylic oxidation sites excluding steroid dienone is 1. The summed E-state index contributed by atoms with van der Waals surface area (Å²) in [5.41, 5.74) is 0.266. The Balaban J connectivity index is 4.84. The second-order valence-corrected chi connectivity index (χ2v) is 12.2. The maximum Gasteiger partial charge on any atom is 0.194 e. The molecule has 4 heteroatoms. The van der Waals surface area contributed by atoms with Gasteiger partial charge in [0.05, 0.1) is 6.10 Å². The van der Waals surface area contributed by atoms with Gasteiger partial charge in [-0.25, -0.2) is 0 Å². The van der Waals surface area contributed by atoms with Gasteiger partial charge in [0.25, 0.3) is 0 Å². The van der Waals surface area contributed by atoms with E-state index in [1.165, 1.54) is 0 Å². The number of Topliss-reactive ketones (excluding diaryl/α,β-unsaturated/α-hetero) is 1. The third kappa shape index (κ3) is 7.90. The summed E-state index contributed by atoms with van der Waals surface area (Å²) >= 11 is 0.